The molecule has 23 heavy (non-hydrogen) atoms. The Hall–Kier alpha value is -2.54. The molecule has 0 radical (unpaired) electrons. The first-order chi connectivity index (χ1) is 11.1. The van der Waals surface area contributed by atoms with Crippen molar-refractivity contribution < 1.29 is 0 Å². The molecule has 0 saturated heterocycles. The molecule has 0 amide bonds. The van der Waals surface area contributed by atoms with E-state index in [0.29, 0.717) is 13.0 Å². The number of nitrogens with zero attached hydrogens (tertiary/aromatic N) is 6. The molecular formula is C16H21N7. The van der Waals surface area contributed by atoms with E-state index in [9.17, 15) is 0 Å². The van der Waals surface area contributed by atoms with Crippen molar-refractivity contribution in [1.29, 1.82) is 0 Å². The monoisotopic (exact) mass is 311 g/mol. The van der Waals surface area contributed by atoms with Crippen LogP contribution in [-0.2, 0) is 13.0 Å². The maximum Gasteiger partial charge on any atom is 0.148 e. The van der Waals surface area contributed by atoms with E-state index in [0.717, 1.165) is 17.1 Å². The Balaban J connectivity index is 1.67. The van der Waals surface area contributed by atoms with Gasteiger partial charge < -0.3 is 5.73 Å². The van der Waals surface area contributed by atoms with Gasteiger partial charge in [0, 0.05) is 24.7 Å². The van der Waals surface area contributed by atoms with Gasteiger partial charge in [-0.2, -0.15) is 5.10 Å². The summed E-state index contributed by atoms with van der Waals surface area (Å²) in [5.41, 5.74) is 8.20. The summed E-state index contributed by atoms with van der Waals surface area (Å²) in [4.78, 5) is 4.29. The van der Waals surface area contributed by atoms with Gasteiger partial charge in [-0.15, -0.1) is 5.10 Å². The van der Waals surface area contributed by atoms with Crippen LogP contribution in [0.3, 0.4) is 0 Å². The van der Waals surface area contributed by atoms with E-state index >= 15 is 0 Å². The Morgan fingerprint density at radius 1 is 1.17 bits per heavy atom. The Kier molecular flexibility index (Phi) is 4.47. The zero-order valence-electron chi connectivity index (χ0n) is 13.4. The Bertz CT molecular complexity index is 745. The van der Waals surface area contributed by atoms with E-state index in [1.54, 1.807) is 11.0 Å². The molecule has 7 heteroatoms. The highest BCUT2D eigenvalue weighted by Gasteiger charge is 2.12. The van der Waals surface area contributed by atoms with Crippen LogP contribution in [0.25, 0.3) is 0 Å². The molecule has 0 aliphatic rings. The fraction of sp³-hybridized carbons (Fsp3) is 0.375. The van der Waals surface area contributed by atoms with Crippen LogP contribution in [0.4, 0.5) is 0 Å². The molecular weight excluding hydrogens is 290 g/mol. The number of rotatable bonds is 6. The summed E-state index contributed by atoms with van der Waals surface area (Å²) in [6.45, 7) is 4.69. The molecule has 1 unspecified atom stereocenters. The Morgan fingerprint density at radius 2 is 1.96 bits per heavy atom. The summed E-state index contributed by atoms with van der Waals surface area (Å²) in [6.07, 6.45) is 4.14. The van der Waals surface area contributed by atoms with Gasteiger partial charge in [0.1, 0.15) is 18.7 Å². The summed E-state index contributed by atoms with van der Waals surface area (Å²) in [5.74, 6) is 0.865. The Morgan fingerprint density at radius 3 is 2.70 bits per heavy atom. The van der Waals surface area contributed by atoms with Gasteiger partial charge in [0.2, 0.25) is 0 Å². The van der Waals surface area contributed by atoms with Crippen LogP contribution in [0.2, 0.25) is 0 Å². The molecule has 3 aromatic rings. The molecule has 0 aliphatic heterocycles. The van der Waals surface area contributed by atoms with Crippen molar-refractivity contribution in [3.05, 3.63) is 59.9 Å². The highest BCUT2D eigenvalue weighted by atomic mass is 15.4. The van der Waals surface area contributed by atoms with Gasteiger partial charge >= 0.3 is 0 Å². The fourth-order valence-electron chi connectivity index (χ4n) is 2.52. The average Bonchev–Trinajstić information content (AvgIpc) is 3.18. The van der Waals surface area contributed by atoms with E-state index in [4.69, 9.17) is 5.73 Å². The second-order valence-corrected chi connectivity index (χ2v) is 5.84. The molecule has 7 nitrogen and oxygen atoms in total. The lowest BCUT2D eigenvalue weighted by Gasteiger charge is -2.09. The molecule has 0 bridgehead atoms. The summed E-state index contributed by atoms with van der Waals surface area (Å²) < 4.78 is 3.66. The molecule has 120 valence electrons. The molecule has 2 heterocycles. The second kappa shape index (κ2) is 6.70. The Labute approximate surface area is 135 Å². The quantitative estimate of drug-likeness (QED) is 0.749. The van der Waals surface area contributed by atoms with E-state index in [-0.39, 0.29) is 12.1 Å². The standard InChI is InChI=1S/C16H21N7/c1-12(2)23-16(18-11-19-23)10-22-9-14(20-21-22)8-15(17)13-6-4-3-5-7-13/h3-7,9,11-12,15H,8,10,17H2,1-2H3. The minimum Gasteiger partial charge on any atom is -0.324 e. The number of nitrogens with two attached hydrogens (primary N) is 1. The van der Waals surface area contributed by atoms with Crippen molar-refractivity contribution in [2.45, 2.75) is 38.9 Å². The van der Waals surface area contributed by atoms with Crippen LogP contribution in [0.5, 0.6) is 0 Å². The van der Waals surface area contributed by atoms with Crippen LogP contribution in [0.1, 0.15) is 43.0 Å². The van der Waals surface area contributed by atoms with E-state index < -0.39 is 0 Å². The van der Waals surface area contributed by atoms with Crippen LogP contribution in [-0.4, -0.2) is 29.8 Å². The van der Waals surface area contributed by atoms with Crippen LogP contribution >= 0.6 is 0 Å². The van der Waals surface area contributed by atoms with Gasteiger partial charge in [0.25, 0.3) is 0 Å². The fourth-order valence-corrected chi connectivity index (χ4v) is 2.52. The summed E-state index contributed by atoms with van der Waals surface area (Å²) >= 11 is 0. The minimum absolute atomic E-state index is 0.0827. The smallest absolute Gasteiger partial charge is 0.148 e. The first-order valence-electron chi connectivity index (χ1n) is 7.71. The summed E-state index contributed by atoms with van der Waals surface area (Å²) in [7, 11) is 0. The SMILES string of the molecule is CC(C)n1ncnc1Cn1cc(CC(N)c2ccccc2)nn1. The molecule has 1 aromatic carbocycles. The van der Waals surface area contributed by atoms with Crippen molar-refractivity contribution in [3.8, 4) is 0 Å². The van der Waals surface area contributed by atoms with Gasteiger partial charge in [0.05, 0.1) is 5.69 Å². The van der Waals surface area contributed by atoms with Gasteiger partial charge in [-0.3, -0.25) is 0 Å². The van der Waals surface area contributed by atoms with Gasteiger partial charge in [-0.05, 0) is 19.4 Å². The van der Waals surface area contributed by atoms with E-state index in [1.807, 2.05) is 41.2 Å². The molecule has 0 aliphatic carbocycles. The largest absolute Gasteiger partial charge is 0.324 e. The lowest BCUT2D eigenvalue weighted by Crippen LogP contribution is -2.13. The van der Waals surface area contributed by atoms with Crippen LogP contribution < -0.4 is 5.73 Å². The summed E-state index contributed by atoms with van der Waals surface area (Å²) in [5, 5.41) is 12.6. The molecule has 0 saturated carbocycles. The molecule has 2 aromatic heterocycles. The van der Waals surface area contributed by atoms with Crippen molar-refractivity contribution in [1.82, 2.24) is 29.8 Å². The number of hydrogen-bond donors (Lipinski definition) is 1. The van der Waals surface area contributed by atoms with Crippen LogP contribution in [0, 0.1) is 0 Å². The molecule has 3 rings (SSSR count). The van der Waals surface area contributed by atoms with Crippen molar-refractivity contribution in [2.24, 2.45) is 5.73 Å². The van der Waals surface area contributed by atoms with Gasteiger partial charge in [-0.25, -0.2) is 14.3 Å². The minimum atomic E-state index is -0.0827. The number of benzene rings is 1. The van der Waals surface area contributed by atoms with Crippen molar-refractivity contribution in [3.63, 3.8) is 0 Å². The van der Waals surface area contributed by atoms with Crippen molar-refractivity contribution in [2.75, 3.05) is 0 Å². The van der Waals surface area contributed by atoms with Crippen LogP contribution in [0.15, 0.2) is 42.9 Å². The normalized spacial score (nSPS) is 12.7. The predicted molar refractivity (Wildman–Crippen MR) is 86.6 cm³/mol. The maximum absolute atomic E-state index is 6.23. The highest BCUT2D eigenvalue weighted by Crippen LogP contribution is 2.14. The molecule has 2 N–H and O–H groups in total. The summed E-state index contributed by atoms with van der Waals surface area (Å²) in [6, 6.07) is 10.2. The van der Waals surface area contributed by atoms with E-state index in [2.05, 4.69) is 34.2 Å². The molecule has 1 atom stereocenters. The predicted octanol–water partition coefficient (Wildman–Crippen LogP) is 1.74. The maximum atomic E-state index is 6.23. The third-order valence-electron chi connectivity index (χ3n) is 3.68. The highest BCUT2D eigenvalue weighted by molar-refractivity contribution is 5.19. The molecule has 0 fully saturated rings. The number of hydrogen-bond acceptors (Lipinski definition) is 5. The lowest BCUT2D eigenvalue weighted by atomic mass is 10.0. The van der Waals surface area contributed by atoms with Gasteiger partial charge in [-0.1, -0.05) is 35.5 Å². The second-order valence-electron chi connectivity index (χ2n) is 5.84. The topological polar surface area (TPSA) is 87.4 Å². The number of aromatic nitrogens is 6. The third kappa shape index (κ3) is 3.62. The first-order valence-corrected chi connectivity index (χ1v) is 7.71. The first kappa shape index (κ1) is 15.4. The third-order valence-corrected chi connectivity index (χ3v) is 3.68. The molecule has 0 spiro atoms. The van der Waals surface area contributed by atoms with Crippen molar-refractivity contribution >= 4 is 0 Å². The zero-order chi connectivity index (χ0) is 16.2. The van der Waals surface area contributed by atoms with E-state index in [1.165, 1.54) is 0 Å². The lowest BCUT2D eigenvalue weighted by molar-refractivity contribution is 0.485. The average molecular weight is 311 g/mol. The zero-order valence-corrected chi connectivity index (χ0v) is 13.4. The van der Waals surface area contributed by atoms with Gasteiger partial charge in [0.15, 0.2) is 0 Å².